The Kier molecular flexibility index (Phi) is 4.41. The summed E-state index contributed by atoms with van der Waals surface area (Å²) in [6, 6.07) is 14.2. The first kappa shape index (κ1) is 14.1. The molecule has 0 radical (unpaired) electrons. The van der Waals surface area contributed by atoms with Gasteiger partial charge in [-0.05, 0) is 49.6 Å². The van der Waals surface area contributed by atoms with Gasteiger partial charge in [-0.25, -0.2) is 0 Å². The predicted octanol–water partition coefficient (Wildman–Crippen LogP) is 4.15. The first-order valence-corrected chi connectivity index (χ1v) is 6.62. The van der Waals surface area contributed by atoms with E-state index in [1.54, 1.807) is 7.11 Å². The second-order valence-corrected chi connectivity index (χ2v) is 4.82. The molecule has 2 aromatic carbocycles. The molecule has 0 atom stereocenters. The highest BCUT2D eigenvalue weighted by atomic mass is 16.5. The molecular weight excluding hydrogens is 248 g/mol. The van der Waals surface area contributed by atoms with Crippen LogP contribution in [-0.4, -0.2) is 12.8 Å². The van der Waals surface area contributed by atoms with E-state index in [4.69, 9.17) is 4.74 Å². The van der Waals surface area contributed by atoms with Crippen LogP contribution in [0.1, 0.15) is 23.6 Å². The SMILES string of the molecule is COc1c(C)cc(NN=C(C)c2ccccc2)cc1C. The standard InChI is InChI=1S/C17H20N2O/c1-12-10-16(11-13(2)17(12)20-4)19-18-14(3)15-8-6-5-7-9-15/h5-11,19H,1-4H3. The van der Waals surface area contributed by atoms with Gasteiger partial charge in [0.25, 0.3) is 0 Å². The number of anilines is 1. The molecule has 0 bridgehead atoms. The first-order chi connectivity index (χ1) is 9.61. The lowest BCUT2D eigenvalue weighted by molar-refractivity contribution is 0.408. The lowest BCUT2D eigenvalue weighted by atomic mass is 10.1. The molecule has 3 nitrogen and oxygen atoms in total. The van der Waals surface area contributed by atoms with Crippen LogP contribution < -0.4 is 10.2 Å². The fraction of sp³-hybridized carbons (Fsp3) is 0.235. The molecule has 0 fully saturated rings. The normalized spacial score (nSPS) is 11.3. The maximum absolute atomic E-state index is 5.36. The third-order valence-electron chi connectivity index (χ3n) is 3.21. The fourth-order valence-electron chi connectivity index (χ4n) is 2.23. The summed E-state index contributed by atoms with van der Waals surface area (Å²) in [5, 5.41) is 4.43. The Bertz CT molecular complexity index is 595. The highest BCUT2D eigenvalue weighted by Gasteiger charge is 2.04. The van der Waals surface area contributed by atoms with Gasteiger partial charge in [-0.3, -0.25) is 5.43 Å². The number of nitrogens with zero attached hydrogens (tertiary/aromatic N) is 1. The molecule has 0 saturated carbocycles. The van der Waals surface area contributed by atoms with Crippen LogP contribution in [0.5, 0.6) is 5.75 Å². The van der Waals surface area contributed by atoms with Crippen molar-refractivity contribution in [1.82, 2.24) is 0 Å². The second-order valence-electron chi connectivity index (χ2n) is 4.82. The molecule has 20 heavy (non-hydrogen) atoms. The van der Waals surface area contributed by atoms with E-state index < -0.39 is 0 Å². The van der Waals surface area contributed by atoms with E-state index in [1.807, 2.05) is 63.2 Å². The molecule has 0 amide bonds. The van der Waals surface area contributed by atoms with Crippen molar-refractivity contribution in [3.8, 4) is 5.75 Å². The van der Waals surface area contributed by atoms with Gasteiger partial charge in [0.1, 0.15) is 5.75 Å². The van der Waals surface area contributed by atoms with Gasteiger partial charge in [0, 0.05) is 0 Å². The minimum atomic E-state index is 0.930. The van der Waals surface area contributed by atoms with Crippen molar-refractivity contribution in [1.29, 1.82) is 0 Å². The van der Waals surface area contributed by atoms with E-state index in [1.165, 1.54) is 0 Å². The summed E-state index contributed by atoms with van der Waals surface area (Å²) < 4.78 is 5.36. The summed E-state index contributed by atoms with van der Waals surface area (Å²) in [7, 11) is 1.69. The monoisotopic (exact) mass is 268 g/mol. The fourth-order valence-corrected chi connectivity index (χ4v) is 2.23. The van der Waals surface area contributed by atoms with E-state index in [9.17, 15) is 0 Å². The topological polar surface area (TPSA) is 33.6 Å². The maximum atomic E-state index is 5.36. The molecule has 0 saturated heterocycles. The van der Waals surface area contributed by atoms with Crippen LogP contribution in [0, 0.1) is 13.8 Å². The summed E-state index contributed by atoms with van der Waals surface area (Å²) in [5.74, 6) is 0.930. The molecule has 2 aromatic rings. The smallest absolute Gasteiger partial charge is 0.124 e. The molecule has 3 heteroatoms. The van der Waals surface area contributed by atoms with Crippen LogP contribution in [0.25, 0.3) is 0 Å². The lowest BCUT2D eigenvalue weighted by Gasteiger charge is -2.11. The summed E-state index contributed by atoms with van der Waals surface area (Å²) in [6.07, 6.45) is 0. The van der Waals surface area contributed by atoms with Crippen LogP contribution in [0.4, 0.5) is 5.69 Å². The molecule has 104 valence electrons. The van der Waals surface area contributed by atoms with Crippen LogP contribution >= 0.6 is 0 Å². The third-order valence-corrected chi connectivity index (χ3v) is 3.21. The van der Waals surface area contributed by atoms with Crippen LogP contribution in [0.2, 0.25) is 0 Å². The molecule has 0 aliphatic carbocycles. The Morgan fingerprint density at radius 2 is 1.65 bits per heavy atom. The Labute approximate surface area is 120 Å². The van der Waals surface area contributed by atoms with Crippen LogP contribution in [-0.2, 0) is 0 Å². The molecule has 0 aromatic heterocycles. The summed E-state index contributed by atoms with van der Waals surface area (Å²) in [4.78, 5) is 0. The van der Waals surface area contributed by atoms with E-state index in [0.717, 1.165) is 33.8 Å². The zero-order chi connectivity index (χ0) is 14.5. The zero-order valence-corrected chi connectivity index (χ0v) is 12.4. The van der Waals surface area contributed by atoms with Gasteiger partial charge in [0.05, 0.1) is 18.5 Å². The van der Waals surface area contributed by atoms with Crippen molar-refractivity contribution in [2.75, 3.05) is 12.5 Å². The zero-order valence-electron chi connectivity index (χ0n) is 12.4. The summed E-state index contributed by atoms with van der Waals surface area (Å²) >= 11 is 0. The average molecular weight is 268 g/mol. The van der Waals surface area contributed by atoms with Crippen molar-refractivity contribution in [2.45, 2.75) is 20.8 Å². The van der Waals surface area contributed by atoms with Crippen molar-refractivity contribution in [3.05, 3.63) is 59.2 Å². The largest absolute Gasteiger partial charge is 0.496 e. The highest BCUT2D eigenvalue weighted by molar-refractivity contribution is 5.99. The molecule has 0 heterocycles. The molecule has 0 aliphatic rings. The molecule has 2 rings (SSSR count). The number of methoxy groups -OCH3 is 1. The van der Waals surface area contributed by atoms with Crippen LogP contribution in [0.3, 0.4) is 0 Å². The Balaban J connectivity index is 2.19. The van der Waals surface area contributed by atoms with E-state index in [0.29, 0.717) is 0 Å². The molecular formula is C17H20N2O. The summed E-state index contributed by atoms with van der Waals surface area (Å²) in [6.45, 7) is 6.06. The third kappa shape index (κ3) is 3.18. The number of hydrogen-bond donors (Lipinski definition) is 1. The second kappa shape index (κ2) is 6.24. The molecule has 0 unspecified atom stereocenters. The van der Waals surface area contributed by atoms with E-state index >= 15 is 0 Å². The number of hydrazone groups is 1. The quantitative estimate of drug-likeness (QED) is 0.667. The minimum Gasteiger partial charge on any atom is -0.496 e. The number of aryl methyl sites for hydroxylation is 2. The van der Waals surface area contributed by atoms with Crippen LogP contribution in [0.15, 0.2) is 47.6 Å². The first-order valence-electron chi connectivity index (χ1n) is 6.62. The Hall–Kier alpha value is -2.29. The average Bonchev–Trinajstić information content (AvgIpc) is 2.45. The maximum Gasteiger partial charge on any atom is 0.124 e. The van der Waals surface area contributed by atoms with E-state index in [-0.39, 0.29) is 0 Å². The van der Waals surface area contributed by atoms with Gasteiger partial charge in [-0.15, -0.1) is 0 Å². The summed E-state index contributed by atoms with van der Waals surface area (Å²) in [5.41, 5.74) is 8.34. The van der Waals surface area contributed by atoms with Crippen molar-refractivity contribution in [2.24, 2.45) is 5.10 Å². The number of benzene rings is 2. The predicted molar refractivity (Wildman–Crippen MR) is 84.7 cm³/mol. The molecule has 1 N–H and O–H groups in total. The van der Waals surface area contributed by atoms with Gasteiger partial charge >= 0.3 is 0 Å². The number of nitrogens with one attached hydrogen (secondary N) is 1. The van der Waals surface area contributed by atoms with Crippen molar-refractivity contribution >= 4 is 11.4 Å². The van der Waals surface area contributed by atoms with Gasteiger partial charge in [-0.1, -0.05) is 30.3 Å². The molecule has 0 aliphatic heterocycles. The van der Waals surface area contributed by atoms with Gasteiger partial charge in [0.2, 0.25) is 0 Å². The minimum absolute atomic E-state index is 0.930. The van der Waals surface area contributed by atoms with Crippen molar-refractivity contribution in [3.63, 3.8) is 0 Å². The highest BCUT2D eigenvalue weighted by Crippen LogP contribution is 2.26. The number of rotatable bonds is 4. The Morgan fingerprint density at radius 3 is 2.20 bits per heavy atom. The number of hydrogen-bond acceptors (Lipinski definition) is 3. The van der Waals surface area contributed by atoms with Gasteiger partial charge in [0.15, 0.2) is 0 Å². The molecule has 0 spiro atoms. The lowest BCUT2D eigenvalue weighted by Crippen LogP contribution is -2.00. The van der Waals surface area contributed by atoms with E-state index in [2.05, 4.69) is 10.5 Å². The van der Waals surface area contributed by atoms with Crippen molar-refractivity contribution < 1.29 is 4.74 Å². The van der Waals surface area contributed by atoms with Gasteiger partial charge < -0.3 is 4.74 Å². The van der Waals surface area contributed by atoms with Gasteiger partial charge in [-0.2, -0.15) is 5.10 Å². The Morgan fingerprint density at radius 1 is 1.05 bits per heavy atom. The number of ether oxygens (including phenoxy) is 1.